The molecule has 2 rings (SSSR count). The number of rotatable bonds is 1. The summed E-state index contributed by atoms with van der Waals surface area (Å²) in [4.78, 5) is 8.30. The van der Waals surface area contributed by atoms with Crippen molar-refractivity contribution < 1.29 is 4.74 Å². The summed E-state index contributed by atoms with van der Waals surface area (Å²) in [6.07, 6.45) is 5.13. The van der Waals surface area contributed by atoms with Crippen LogP contribution in [-0.2, 0) is 0 Å². The summed E-state index contributed by atoms with van der Waals surface area (Å²) < 4.78 is 6.92. The molecule has 2 heterocycles. The number of ether oxygens (including phenoxy) is 1. The predicted molar refractivity (Wildman–Crippen MR) is 49.2 cm³/mol. The molecular weight excluding hydrogens is 173 g/mol. The van der Waals surface area contributed by atoms with Gasteiger partial charge in [-0.1, -0.05) is 0 Å². The zero-order valence-electron chi connectivity index (χ0n) is 6.56. The summed E-state index contributed by atoms with van der Waals surface area (Å²) in [5, 5.41) is 0. The Morgan fingerprint density at radius 3 is 2.92 bits per heavy atom. The van der Waals surface area contributed by atoms with Crippen molar-refractivity contribution in [1.82, 2.24) is 14.3 Å². The molecule has 1 unspecified atom stereocenters. The van der Waals surface area contributed by atoms with Crippen molar-refractivity contribution in [3.63, 3.8) is 0 Å². The highest BCUT2D eigenvalue weighted by molar-refractivity contribution is 7.14. The number of hydrogen-bond donors (Lipinski definition) is 0. The Labute approximate surface area is 71.8 Å². The van der Waals surface area contributed by atoms with E-state index in [0.29, 0.717) is 0 Å². The molecule has 62 valence electrons. The lowest BCUT2D eigenvalue weighted by molar-refractivity contribution is 0.418. The molecule has 0 aliphatic rings. The second kappa shape index (κ2) is 2.72. The second-order valence-corrected chi connectivity index (χ2v) is 2.89. The maximum atomic E-state index is 5.11. The number of nitrogens with zero attached hydrogens (tertiary/aromatic N) is 3. The van der Waals surface area contributed by atoms with E-state index >= 15 is 0 Å². The molecule has 4 nitrogen and oxygen atoms in total. The van der Waals surface area contributed by atoms with Crippen LogP contribution < -0.4 is 4.74 Å². The van der Waals surface area contributed by atoms with Crippen molar-refractivity contribution in [3.8, 4) is 5.75 Å². The van der Waals surface area contributed by atoms with Crippen LogP contribution in [0.3, 0.4) is 0 Å². The highest BCUT2D eigenvalue weighted by Crippen LogP contribution is 2.24. The van der Waals surface area contributed by atoms with Gasteiger partial charge in [-0.3, -0.25) is 0 Å². The van der Waals surface area contributed by atoms with E-state index < -0.39 is 0 Å². The largest absolute Gasteiger partial charge is 0.493 e. The maximum Gasteiger partial charge on any atom is 0.165 e. The monoisotopic (exact) mass is 181 g/mol. The van der Waals surface area contributed by atoms with Gasteiger partial charge < -0.3 is 9.07 Å². The standard InChI is InChI=1S/C7H8N3OP/c1-11-5-4-10(12)7-6(5)8-2-3-9-7/h2-4H,12H2,1H3. The molecule has 0 saturated heterocycles. The van der Waals surface area contributed by atoms with E-state index in [9.17, 15) is 0 Å². The molecule has 12 heavy (non-hydrogen) atoms. The fourth-order valence-corrected chi connectivity index (χ4v) is 1.42. The van der Waals surface area contributed by atoms with Crippen LogP contribution in [0.5, 0.6) is 5.75 Å². The van der Waals surface area contributed by atoms with Crippen molar-refractivity contribution in [1.29, 1.82) is 0 Å². The minimum Gasteiger partial charge on any atom is -0.493 e. The maximum absolute atomic E-state index is 5.11. The number of fused-ring (bicyclic) bond motifs is 1. The van der Waals surface area contributed by atoms with Crippen molar-refractivity contribution in [3.05, 3.63) is 18.6 Å². The summed E-state index contributed by atoms with van der Waals surface area (Å²) >= 11 is 0. The molecule has 0 bridgehead atoms. The third kappa shape index (κ3) is 0.959. The van der Waals surface area contributed by atoms with Gasteiger partial charge in [-0.25, -0.2) is 9.97 Å². The Morgan fingerprint density at radius 1 is 1.42 bits per heavy atom. The smallest absolute Gasteiger partial charge is 0.165 e. The van der Waals surface area contributed by atoms with E-state index in [1.54, 1.807) is 23.8 Å². The molecule has 0 aliphatic carbocycles. The molecule has 1 atom stereocenters. The Morgan fingerprint density at radius 2 is 2.17 bits per heavy atom. The van der Waals surface area contributed by atoms with Crippen LogP contribution in [0.15, 0.2) is 18.6 Å². The third-order valence-corrected chi connectivity index (χ3v) is 2.03. The van der Waals surface area contributed by atoms with Crippen LogP contribution in [-0.4, -0.2) is 21.4 Å². The van der Waals surface area contributed by atoms with Crippen LogP contribution in [0.2, 0.25) is 0 Å². The summed E-state index contributed by atoms with van der Waals surface area (Å²) in [6, 6.07) is 0. The van der Waals surface area contributed by atoms with Crippen LogP contribution in [0.4, 0.5) is 0 Å². The molecule has 2 aromatic heterocycles. The van der Waals surface area contributed by atoms with Crippen molar-refractivity contribution in [2.24, 2.45) is 0 Å². The zero-order chi connectivity index (χ0) is 8.55. The van der Waals surface area contributed by atoms with Gasteiger partial charge in [0.2, 0.25) is 0 Å². The molecule has 0 amide bonds. The molecule has 0 fully saturated rings. The average molecular weight is 181 g/mol. The molecule has 0 N–H and O–H groups in total. The predicted octanol–water partition coefficient (Wildman–Crippen LogP) is 1.08. The van der Waals surface area contributed by atoms with Crippen molar-refractivity contribution in [2.75, 3.05) is 7.11 Å². The highest BCUT2D eigenvalue weighted by Gasteiger charge is 2.07. The van der Waals surface area contributed by atoms with Gasteiger partial charge in [0.1, 0.15) is 5.52 Å². The van der Waals surface area contributed by atoms with Crippen LogP contribution in [0.25, 0.3) is 11.2 Å². The quantitative estimate of drug-likeness (QED) is 0.618. The molecule has 0 spiro atoms. The Kier molecular flexibility index (Phi) is 1.70. The normalized spacial score (nSPS) is 10.5. The summed E-state index contributed by atoms with van der Waals surface area (Å²) in [7, 11) is 4.15. The van der Waals surface area contributed by atoms with E-state index in [0.717, 1.165) is 16.9 Å². The molecule has 0 radical (unpaired) electrons. The Hall–Kier alpha value is -1.15. The third-order valence-electron chi connectivity index (χ3n) is 1.63. The van der Waals surface area contributed by atoms with Crippen LogP contribution in [0, 0.1) is 0 Å². The number of aromatic nitrogens is 3. The minimum absolute atomic E-state index is 0.744. The van der Waals surface area contributed by atoms with E-state index in [1.165, 1.54) is 0 Å². The van der Waals surface area contributed by atoms with Gasteiger partial charge in [-0.2, -0.15) is 0 Å². The average Bonchev–Trinajstić information content (AvgIpc) is 2.44. The highest BCUT2D eigenvalue weighted by atomic mass is 31.0. The summed E-state index contributed by atoms with van der Waals surface area (Å²) in [5.41, 5.74) is 1.59. The topological polar surface area (TPSA) is 39.9 Å². The van der Waals surface area contributed by atoms with E-state index in [1.807, 2.05) is 6.20 Å². The first-order valence-corrected chi connectivity index (χ1v) is 3.95. The fraction of sp³-hybridized carbons (Fsp3) is 0.143. The molecule has 5 heteroatoms. The lowest BCUT2D eigenvalue weighted by Gasteiger charge is -1.92. The van der Waals surface area contributed by atoms with Gasteiger partial charge in [-0.05, 0) is 9.39 Å². The fourth-order valence-electron chi connectivity index (χ4n) is 1.09. The molecule has 0 saturated carbocycles. The molecule has 0 aliphatic heterocycles. The van der Waals surface area contributed by atoms with E-state index in [4.69, 9.17) is 4.74 Å². The number of hydrogen-bond acceptors (Lipinski definition) is 3. The molecular formula is C7H8N3OP. The van der Waals surface area contributed by atoms with Gasteiger partial charge in [0.25, 0.3) is 0 Å². The van der Waals surface area contributed by atoms with Gasteiger partial charge in [0.15, 0.2) is 11.4 Å². The Balaban J connectivity index is 2.82. The first kappa shape index (κ1) is 7.50. The lowest BCUT2D eigenvalue weighted by Crippen LogP contribution is -1.83. The first-order valence-electron chi connectivity index (χ1n) is 3.44. The minimum atomic E-state index is 0.744. The second-order valence-electron chi connectivity index (χ2n) is 2.33. The van der Waals surface area contributed by atoms with Crippen LogP contribution in [0.1, 0.15) is 0 Å². The molecule has 2 aromatic rings. The number of methoxy groups -OCH3 is 1. The van der Waals surface area contributed by atoms with Gasteiger partial charge in [0, 0.05) is 12.4 Å². The van der Waals surface area contributed by atoms with Gasteiger partial charge in [0.05, 0.1) is 13.3 Å². The van der Waals surface area contributed by atoms with Crippen molar-refractivity contribution in [2.45, 2.75) is 0 Å². The van der Waals surface area contributed by atoms with Gasteiger partial charge in [-0.15, -0.1) is 0 Å². The van der Waals surface area contributed by atoms with E-state index in [-0.39, 0.29) is 0 Å². The lowest BCUT2D eigenvalue weighted by atomic mass is 10.5. The van der Waals surface area contributed by atoms with Crippen LogP contribution >= 0.6 is 9.39 Å². The zero-order valence-corrected chi connectivity index (χ0v) is 7.71. The first-order chi connectivity index (χ1) is 5.83. The Bertz CT molecular complexity index is 412. The molecule has 0 aromatic carbocycles. The van der Waals surface area contributed by atoms with E-state index in [2.05, 4.69) is 19.4 Å². The van der Waals surface area contributed by atoms with Crippen molar-refractivity contribution >= 4 is 20.6 Å². The summed E-state index contributed by atoms with van der Waals surface area (Å²) in [5.74, 6) is 0.744. The summed E-state index contributed by atoms with van der Waals surface area (Å²) in [6.45, 7) is 0. The SMILES string of the molecule is COc1cn(P)c2nccnc12. The van der Waals surface area contributed by atoms with Gasteiger partial charge >= 0.3 is 0 Å².